The largest absolute Gasteiger partial charge is 0.314 e. The minimum Gasteiger partial charge on any atom is -0.314 e. The maximum absolute atomic E-state index is 4.73. The Morgan fingerprint density at radius 1 is 1.20 bits per heavy atom. The van der Waals surface area contributed by atoms with Crippen molar-refractivity contribution in [3.8, 4) is 0 Å². The van der Waals surface area contributed by atoms with Crippen LogP contribution in [-0.4, -0.2) is 22.4 Å². The Morgan fingerprint density at radius 2 is 1.90 bits per heavy atom. The molecule has 1 heterocycles. The molecule has 3 heteroatoms. The van der Waals surface area contributed by atoms with Crippen molar-refractivity contribution in [3.63, 3.8) is 0 Å². The molecule has 0 radical (unpaired) electrons. The van der Waals surface area contributed by atoms with Crippen LogP contribution < -0.4 is 5.32 Å². The Labute approximate surface area is 122 Å². The molecule has 0 saturated carbocycles. The van der Waals surface area contributed by atoms with Crippen molar-refractivity contribution in [1.82, 2.24) is 15.1 Å². The van der Waals surface area contributed by atoms with Gasteiger partial charge in [0.25, 0.3) is 0 Å². The molecular formula is C17H27N3. The molecule has 0 fully saturated rings. The number of likely N-dealkylation sites (N-methyl/N-ethyl adjacent to an activating group) is 1. The Bertz CT molecular complexity index is 556. The first-order valence-corrected chi connectivity index (χ1v) is 7.68. The van der Waals surface area contributed by atoms with Crippen LogP contribution in [0.25, 0.3) is 10.9 Å². The van der Waals surface area contributed by atoms with Crippen LogP contribution in [-0.2, 0) is 13.5 Å². The molecule has 0 spiro atoms. The van der Waals surface area contributed by atoms with E-state index in [1.807, 2.05) is 11.7 Å². The van der Waals surface area contributed by atoms with Gasteiger partial charge in [0.15, 0.2) is 0 Å². The fraction of sp³-hybridized carbons (Fsp3) is 0.588. The third kappa shape index (κ3) is 3.04. The lowest BCUT2D eigenvalue weighted by atomic mass is 9.87. The smallest absolute Gasteiger partial charge is 0.0718 e. The lowest BCUT2D eigenvalue weighted by Gasteiger charge is -2.27. The van der Waals surface area contributed by atoms with Crippen LogP contribution in [0.2, 0.25) is 0 Å². The summed E-state index contributed by atoms with van der Waals surface area (Å²) in [4.78, 5) is 0. The first kappa shape index (κ1) is 15.0. The van der Waals surface area contributed by atoms with Crippen LogP contribution in [0.5, 0.6) is 0 Å². The summed E-state index contributed by atoms with van der Waals surface area (Å²) < 4.78 is 1.99. The number of benzene rings is 1. The number of aryl methyl sites for hydroxylation is 1. The first-order chi connectivity index (χ1) is 9.54. The number of hydrogen-bond acceptors (Lipinski definition) is 2. The van der Waals surface area contributed by atoms with E-state index in [0.717, 1.165) is 13.0 Å². The highest BCUT2D eigenvalue weighted by atomic mass is 15.3. The summed E-state index contributed by atoms with van der Waals surface area (Å²) in [5.41, 5.74) is 2.43. The van der Waals surface area contributed by atoms with Crippen molar-refractivity contribution in [2.75, 3.05) is 6.54 Å². The SMILES string of the molecule is CCNC(Cc1nn(C)c2ccccc12)C(C)C(C)C. The average Bonchev–Trinajstić information content (AvgIpc) is 2.75. The molecule has 0 saturated heterocycles. The van der Waals surface area contributed by atoms with Gasteiger partial charge in [0.1, 0.15) is 0 Å². The molecule has 2 unspecified atom stereocenters. The third-order valence-electron chi connectivity index (χ3n) is 4.40. The highest BCUT2D eigenvalue weighted by molar-refractivity contribution is 5.81. The zero-order valence-corrected chi connectivity index (χ0v) is 13.4. The lowest BCUT2D eigenvalue weighted by Crippen LogP contribution is -2.39. The van der Waals surface area contributed by atoms with Gasteiger partial charge in [-0.25, -0.2) is 0 Å². The van der Waals surface area contributed by atoms with Crippen molar-refractivity contribution < 1.29 is 0 Å². The number of aromatic nitrogens is 2. The van der Waals surface area contributed by atoms with Gasteiger partial charge >= 0.3 is 0 Å². The van der Waals surface area contributed by atoms with E-state index in [2.05, 4.69) is 57.3 Å². The number of rotatable bonds is 6. The second kappa shape index (κ2) is 6.40. The standard InChI is InChI=1S/C17H27N3/c1-6-18-15(13(4)12(2)3)11-16-14-9-7-8-10-17(14)20(5)19-16/h7-10,12-13,15,18H,6,11H2,1-5H3. The molecule has 0 aliphatic rings. The summed E-state index contributed by atoms with van der Waals surface area (Å²) in [6.07, 6.45) is 0.995. The Balaban J connectivity index is 2.29. The van der Waals surface area contributed by atoms with Gasteiger partial charge < -0.3 is 5.32 Å². The summed E-state index contributed by atoms with van der Waals surface area (Å²) in [5, 5.41) is 9.65. The number of nitrogens with one attached hydrogen (secondary N) is 1. The molecule has 2 atom stereocenters. The van der Waals surface area contributed by atoms with Crippen molar-refractivity contribution in [3.05, 3.63) is 30.0 Å². The summed E-state index contributed by atoms with van der Waals surface area (Å²) in [5.74, 6) is 1.31. The van der Waals surface area contributed by atoms with Crippen LogP contribution >= 0.6 is 0 Å². The van der Waals surface area contributed by atoms with Gasteiger partial charge in [-0.2, -0.15) is 5.10 Å². The van der Waals surface area contributed by atoms with E-state index in [1.54, 1.807) is 0 Å². The monoisotopic (exact) mass is 273 g/mol. The highest BCUT2D eigenvalue weighted by Gasteiger charge is 2.22. The molecular weight excluding hydrogens is 246 g/mol. The molecule has 0 aliphatic carbocycles. The Hall–Kier alpha value is -1.35. The molecule has 0 bridgehead atoms. The zero-order valence-electron chi connectivity index (χ0n) is 13.4. The number of para-hydroxylation sites is 1. The fourth-order valence-corrected chi connectivity index (χ4v) is 2.82. The molecule has 20 heavy (non-hydrogen) atoms. The number of hydrogen-bond donors (Lipinski definition) is 1. The molecule has 2 rings (SSSR count). The van der Waals surface area contributed by atoms with E-state index in [4.69, 9.17) is 5.10 Å². The van der Waals surface area contributed by atoms with E-state index in [-0.39, 0.29) is 0 Å². The van der Waals surface area contributed by atoms with Gasteiger partial charge in [0.05, 0.1) is 11.2 Å². The van der Waals surface area contributed by atoms with Gasteiger partial charge in [-0.3, -0.25) is 4.68 Å². The molecule has 0 amide bonds. The normalized spacial score (nSPS) is 14.9. The maximum atomic E-state index is 4.73. The number of nitrogens with zero attached hydrogens (tertiary/aromatic N) is 2. The number of fused-ring (bicyclic) bond motifs is 1. The Morgan fingerprint density at radius 3 is 2.55 bits per heavy atom. The van der Waals surface area contributed by atoms with Gasteiger partial charge in [-0.15, -0.1) is 0 Å². The van der Waals surface area contributed by atoms with Crippen molar-refractivity contribution in [2.45, 2.75) is 40.2 Å². The zero-order chi connectivity index (χ0) is 14.7. The molecule has 0 aliphatic heterocycles. The topological polar surface area (TPSA) is 29.9 Å². The van der Waals surface area contributed by atoms with Crippen LogP contribution in [0.1, 0.15) is 33.4 Å². The molecule has 3 nitrogen and oxygen atoms in total. The maximum Gasteiger partial charge on any atom is 0.0718 e. The van der Waals surface area contributed by atoms with Crippen LogP contribution in [0, 0.1) is 11.8 Å². The molecule has 110 valence electrons. The van der Waals surface area contributed by atoms with Crippen LogP contribution in [0.3, 0.4) is 0 Å². The van der Waals surface area contributed by atoms with Gasteiger partial charge in [0.2, 0.25) is 0 Å². The van der Waals surface area contributed by atoms with Gasteiger partial charge in [-0.05, 0) is 24.4 Å². The lowest BCUT2D eigenvalue weighted by molar-refractivity contribution is 0.299. The average molecular weight is 273 g/mol. The van der Waals surface area contributed by atoms with Crippen molar-refractivity contribution in [1.29, 1.82) is 0 Å². The van der Waals surface area contributed by atoms with E-state index >= 15 is 0 Å². The predicted octanol–water partition coefficient (Wildman–Crippen LogP) is 3.39. The fourth-order valence-electron chi connectivity index (χ4n) is 2.82. The van der Waals surface area contributed by atoms with E-state index in [9.17, 15) is 0 Å². The summed E-state index contributed by atoms with van der Waals surface area (Å²) >= 11 is 0. The van der Waals surface area contributed by atoms with E-state index in [0.29, 0.717) is 17.9 Å². The predicted molar refractivity (Wildman–Crippen MR) is 85.9 cm³/mol. The summed E-state index contributed by atoms with van der Waals surface area (Å²) in [6.45, 7) is 10.1. The molecule has 1 aromatic carbocycles. The minimum absolute atomic E-state index is 0.485. The minimum atomic E-state index is 0.485. The third-order valence-corrected chi connectivity index (χ3v) is 4.40. The quantitative estimate of drug-likeness (QED) is 0.874. The second-order valence-corrected chi connectivity index (χ2v) is 6.06. The second-order valence-electron chi connectivity index (χ2n) is 6.06. The van der Waals surface area contributed by atoms with E-state index in [1.165, 1.54) is 16.6 Å². The molecule has 1 N–H and O–H groups in total. The first-order valence-electron chi connectivity index (χ1n) is 7.68. The highest BCUT2D eigenvalue weighted by Crippen LogP contribution is 2.23. The molecule has 1 aromatic heterocycles. The summed E-state index contributed by atoms with van der Waals surface area (Å²) in [7, 11) is 2.03. The Kier molecular flexibility index (Phi) is 4.81. The van der Waals surface area contributed by atoms with Crippen molar-refractivity contribution >= 4 is 10.9 Å². The van der Waals surface area contributed by atoms with Crippen molar-refractivity contribution in [2.24, 2.45) is 18.9 Å². The molecule has 2 aromatic rings. The van der Waals surface area contributed by atoms with E-state index < -0.39 is 0 Å². The van der Waals surface area contributed by atoms with Gasteiger partial charge in [-0.1, -0.05) is 45.9 Å². The van der Waals surface area contributed by atoms with Crippen LogP contribution in [0.4, 0.5) is 0 Å². The van der Waals surface area contributed by atoms with Gasteiger partial charge in [0, 0.05) is 24.9 Å². The summed E-state index contributed by atoms with van der Waals surface area (Å²) in [6, 6.07) is 8.98. The van der Waals surface area contributed by atoms with Crippen LogP contribution in [0.15, 0.2) is 24.3 Å².